The van der Waals surface area contributed by atoms with Crippen molar-refractivity contribution >= 4 is 28.5 Å². The van der Waals surface area contributed by atoms with Crippen LogP contribution in [0.25, 0.3) is 11.0 Å². The summed E-state index contributed by atoms with van der Waals surface area (Å²) < 4.78 is 16.0. The van der Waals surface area contributed by atoms with Crippen LogP contribution in [0.1, 0.15) is 5.56 Å². The molecule has 130 valence electrons. The van der Waals surface area contributed by atoms with E-state index in [9.17, 15) is 0 Å². The second kappa shape index (κ2) is 7.44. The molecule has 0 atom stereocenters. The summed E-state index contributed by atoms with van der Waals surface area (Å²) in [6, 6.07) is 11.0. The molecule has 0 saturated carbocycles. The normalized spacial score (nSPS) is 10.6. The van der Waals surface area contributed by atoms with Gasteiger partial charge in [-0.15, -0.1) is 0 Å². The Morgan fingerprint density at radius 2 is 1.76 bits per heavy atom. The van der Waals surface area contributed by atoms with Crippen LogP contribution in [0.15, 0.2) is 36.4 Å². The zero-order chi connectivity index (χ0) is 17.8. The lowest BCUT2D eigenvalue weighted by atomic mass is 10.2. The molecule has 0 unspecified atom stereocenters. The van der Waals surface area contributed by atoms with Gasteiger partial charge in [0, 0.05) is 23.2 Å². The first-order chi connectivity index (χ1) is 12.1. The minimum absolute atomic E-state index is 0.405. The second-order valence-corrected chi connectivity index (χ2v) is 5.68. The van der Waals surface area contributed by atoms with Crippen molar-refractivity contribution in [2.75, 3.05) is 26.6 Å². The van der Waals surface area contributed by atoms with E-state index >= 15 is 0 Å². The fraction of sp³-hybridized carbons (Fsp3) is 0.222. The number of fused-ring (bicyclic) bond motifs is 1. The highest BCUT2D eigenvalue weighted by molar-refractivity contribution is 6.31. The second-order valence-electron chi connectivity index (χ2n) is 5.25. The molecule has 0 aliphatic rings. The minimum atomic E-state index is 0.405. The van der Waals surface area contributed by atoms with Gasteiger partial charge >= 0.3 is 0 Å². The summed E-state index contributed by atoms with van der Waals surface area (Å²) in [7, 11) is 4.80. The first-order valence-corrected chi connectivity index (χ1v) is 7.98. The Balaban J connectivity index is 1.89. The lowest BCUT2D eigenvalue weighted by Crippen LogP contribution is -2.06. The third kappa shape index (κ3) is 3.69. The monoisotopic (exact) mass is 359 g/mol. The number of halogens is 1. The van der Waals surface area contributed by atoms with Crippen molar-refractivity contribution in [3.63, 3.8) is 0 Å². The maximum absolute atomic E-state index is 6.00. The zero-order valence-corrected chi connectivity index (χ0v) is 14.9. The van der Waals surface area contributed by atoms with Crippen LogP contribution >= 0.6 is 11.6 Å². The molecule has 2 aromatic carbocycles. The molecule has 3 aromatic rings. The quantitative estimate of drug-likeness (QED) is 0.719. The molecular weight excluding hydrogens is 342 g/mol. The van der Waals surface area contributed by atoms with E-state index in [1.807, 2.05) is 24.3 Å². The lowest BCUT2D eigenvalue weighted by Gasteiger charge is -2.13. The Labute approximate surface area is 150 Å². The molecular formula is C18H18ClN3O3. The van der Waals surface area contributed by atoms with E-state index in [2.05, 4.69) is 15.3 Å². The molecule has 0 amide bonds. The fourth-order valence-corrected chi connectivity index (χ4v) is 2.61. The Morgan fingerprint density at radius 1 is 0.920 bits per heavy atom. The molecule has 7 heteroatoms. The van der Waals surface area contributed by atoms with Crippen molar-refractivity contribution in [1.29, 1.82) is 0 Å². The molecule has 1 aromatic heterocycles. The van der Waals surface area contributed by atoms with E-state index in [0.29, 0.717) is 28.8 Å². The number of benzene rings is 2. The van der Waals surface area contributed by atoms with Crippen LogP contribution in [-0.4, -0.2) is 31.3 Å². The van der Waals surface area contributed by atoms with Crippen LogP contribution < -0.4 is 19.5 Å². The molecule has 0 bridgehead atoms. The SMILES string of the molecule is COc1ccc(CNc2nc3ccc(Cl)cc3nc2OC)c(OC)c1. The summed E-state index contributed by atoms with van der Waals surface area (Å²) in [4.78, 5) is 9.02. The number of rotatable bonds is 6. The molecule has 0 spiro atoms. The maximum atomic E-state index is 6.00. The van der Waals surface area contributed by atoms with E-state index < -0.39 is 0 Å². The van der Waals surface area contributed by atoms with Crippen LogP contribution in [0.5, 0.6) is 17.4 Å². The summed E-state index contributed by atoms with van der Waals surface area (Å²) in [6.07, 6.45) is 0. The molecule has 0 radical (unpaired) electrons. The van der Waals surface area contributed by atoms with Gasteiger partial charge in [0.25, 0.3) is 5.88 Å². The highest BCUT2D eigenvalue weighted by Crippen LogP contribution is 2.28. The van der Waals surface area contributed by atoms with Gasteiger partial charge in [-0.2, -0.15) is 0 Å². The first kappa shape index (κ1) is 17.1. The summed E-state index contributed by atoms with van der Waals surface area (Å²) >= 11 is 6.00. The van der Waals surface area contributed by atoms with Crippen molar-refractivity contribution in [1.82, 2.24) is 9.97 Å². The van der Waals surface area contributed by atoms with Gasteiger partial charge in [-0.05, 0) is 30.3 Å². The predicted octanol–water partition coefficient (Wildman–Crippen LogP) is 3.92. The minimum Gasteiger partial charge on any atom is -0.497 e. The van der Waals surface area contributed by atoms with E-state index in [-0.39, 0.29) is 0 Å². The number of aromatic nitrogens is 2. The van der Waals surface area contributed by atoms with Crippen LogP contribution in [0, 0.1) is 0 Å². The van der Waals surface area contributed by atoms with E-state index in [4.69, 9.17) is 25.8 Å². The first-order valence-electron chi connectivity index (χ1n) is 7.60. The van der Waals surface area contributed by atoms with Crippen molar-refractivity contribution in [2.45, 2.75) is 6.54 Å². The number of nitrogens with zero attached hydrogens (tertiary/aromatic N) is 2. The summed E-state index contributed by atoms with van der Waals surface area (Å²) in [5.74, 6) is 2.42. The molecule has 6 nitrogen and oxygen atoms in total. The molecule has 0 aliphatic heterocycles. The number of hydrogen-bond acceptors (Lipinski definition) is 6. The number of nitrogens with one attached hydrogen (secondary N) is 1. The van der Waals surface area contributed by atoms with Crippen LogP contribution in [-0.2, 0) is 6.54 Å². The molecule has 3 rings (SSSR count). The Morgan fingerprint density at radius 3 is 2.48 bits per heavy atom. The number of methoxy groups -OCH3 is 3. The van der Waals surface area contributed by atoms with E-state index in [1.54, 1.807) is 33.5 Å². The van der Waals surface area contributed by atoms with Gasteiger partial charge in [0.1, 0.15) is 11.5 Å². The van der Waals surface area contributed by atoms with Gasteiger partial charge in [-0.3, -0.25) is 0 Å². The van der Waals surface area contributed by atoms with Crippen molar-refractivity contribution < 1.29 is 14.2 Å². The zero-order valence-electron chi connectivity index (χ0n) is 14.2. The Bertz CT molecular complexity index is 902. The predicted molar refractivity (Wildman–Crippen MR) is 98.0 cm³/mol. The molecule has 0 saturated heterocycles. The molecule has 0 fully saturated rings. The lowest BCUT2D eigenvalue weighted by molar-refractivity contribution is 0.391. The molecule has 25 heavy (non-hydrogen) atoms. The van der Waals surface area contributed by atoms with Crippen molar-refractivity contribution in [2.24, 2.45) is 0 Å². The smallest absolute Gasteiger partial charge is 0.257 e. The molecule has 1 N–H and O–H groups in total. The Hall–Kier alpha value is -2.73. The largest absolute Gasteiger partial charge is 0.497 e. The topological polar surface area (TPSA) is 65.5 Å². The number of ether oxygens (including phenoxy) is 3. The third-order valence-corrected chi connectivity index (χ3v) is 3.96. The van der Waals surface area contributed by atoms with Gasteiger partial charge in [-0.1, -0.05) is 11.6 Å². The molecule has 0 aliphatic carbocycles. The van der Waals surface area contributed by atoms with Gasteiger partial charge in [-0.25, -0.2) is 9.97 Å². The maximum Gasteiger partial charge on any atom is 0.257 e. The average Bonchev–Trinajstić information content (AvgIpc) is 2.65. The fourth-order valence-electron chi connectivity index (χ4n) is 2.45. The number of anilines is 1. The summed E-state index contributed by atoms with van der Waals surface area (Å²) in [6.45, 7) is 0.497. The van der Waals surface area contributed by atoms with Crippen LogP contribution in [0.2, 0.25) is 5.02 Å². The highest BCUT2D eigenvalue weighted by atomic mass is 35.5. The van der Waals surface area contributed by atoms with Crippen LogP contribution in [0.4, 0.5) is 5.82 Å². The average molecular weight is 360 g/mol. The van der Waals surface area contributed by atoms with Gasteiger partial charge < -0.3 is 19.5 Å². The van der Waals surface area contributed by atoms with Gasteiger partial charge in [0.15, 0.2) is 5.82 Å². The molecule has 1 heterocycles. The number of hydrogen-bond donors (Lipinski definition) is 1. The van der Waals surface area contributed by atoms with E-state index in [1.165, 1.54) is 0 Å². The summed E-state index contributed by atoms with van der Waals surface area (Å²) in [5.41, 5.74) is 2.37. The van der Waals surface area contributed by atoms with Crippen molar-refractivity contribution in [3.05, 3.63) is 47.0 Å². The third-order valence-electron chi connectivity index (χ3n) is 3.73. The Kier molecular flexibility index (Phi) is 5.09. The van der Waals surface area contributed by atoms with Crippen molar-refractivity contribution in [3.8, 4) is 17.4 Å². The van der Waals surface area contributed by atoms with Crippen LogP contribution in [0.3, 0.4) is 0 Å². The standard InChI is InChI=1S/C18H18ClN3O3/c1-23-13-6-4-11(16(9-13)24-2)10-20-17-18(25-3)22-15-8-12(19)5-7-14(15)21-17/h4-9H,10H2,1-3H3,(H,20,21). The van der Waals surface area contributed by atoms with Gasteiger partial charge in [0.2, 0.25) is 0 Å². The highest BCUT2D eigenvalue weighted by Gasteiger charge is 2.11. The van der Waals surface area contributed by atoms with Gasteiger partial charge in [0.05, 0.1) is 32.4 Å². The van der Waals surface area contributed by atoms with E-state index in [0.717, 1.165) is 22.6 Å². The summed E-state index contributed by atoms with van der Waals surface area (Å²) in [5, 5.41) is 3.85.